The highest BCUT2D eigenvalue weighted by Crippen LogP contribution is 2.52. The largest absolute Gasteiger partial charge is 0.458 e. The number of aliphatic hydroxyl groups excluding tert-OH is 1. The van der Waals surface area contributed by atoms with Crippen molar-refractivity contribution in [1.29, 1.82) is 0 Å². The highest BCUT2D eigenvalue weighted by molar-refractivity contribution is 5.88. The van der Waals surface area contributed by atoms with Gasteiger partial charge in [-0.15, -0.1) is 0 Å². The molecule has 1 aliphatic heterocycles. The van der Waals surface area contributed by atoms with Gasteiger partial charge in [0.05, 0.1) is 29.1 Å². The van der Waals surface area contributed by atoms with E-state index in [2.05, 4.69) is 0 Å². The van der Waals surface area contributed by atoms with E-state index in [0.717, 1.165) is 0 Å². The Labute approximate surface area is 158 Å². The third-order valence-electron chi connectivity index (χ3n) is 6.24. The van der Waals surface area contributed by atoms with Gasteiger partial charge in [0.25, 0.3) is 0 Å². The van der Waals surface area contributed by atoms with Crippen molar-refractivity contribution in [3.63, 3.8) is 0 Å². The van der Waals surface area contributed by atoms with Crippen LogP contribution in [0.15, 0.2) is 22.8 Å². The van der Waals surface area contributed by atoms with Gasteiger partial charge in [0.1, 0.15) is 12.2 Å². The predicted molar refractivity (Wildman–Crippen MR) is 95.4 cm³/mol. The average Bonchev–Trinajstić information content (AvgIpc) is 2.93. The third kappa shape index (κ3) is 3.11. The van der Waals surface area contributed by atoms with Gasteiger partial charge >= 0.3 is 11.9 Å². The van der Waals surface area contributed by atoms with Crippen LogP contribution < -0.4 is 0 Å². The monoisotopic (exact) mass is 380 g/mol. The summed E-state index contributed by atoms with van der Waals surface area (Å²) in [4.78, 5) is 24.7. The van der Waals surface area contributed by atoms with Gasteiger partial charge in [-0.3, -0.25) is 4.79 Å². The van der Waals surface area contributed by atoms with Crippen LogP contribution in [0.25, 0.3) is 0 Å². The summed E-state index contributed by atoms with van der Waals surface area (Å²) in [6.45, 7) is 8.11. The number of hydrogen-bond acceptors (Lipinski definition) is 7. The molecule has 0 aromatic heterocycles. The SMILES string of the molecule is C/C=C(/C)C(=O)O[C@H]1C[C@](C)(O)C2=C([C@H]3OC(=O)[C@@H](C)[C@H]13)[C@@](C)(O)C[C@H]2O. The van der Waals surface area contributed by atoms with Crippen LogP contribution in [-0.4, -0.2) is 56.8 Å². The Balaban J connectivity index is 2.10. The average molecular weight is 380 g/mol. The molecule has 1 saturated heterocycles. The lowest BCUT2D eigenvalue weighted by molar-refractivity contribution is -0.151. The second-order valence-corrected chi connectivity index (χ2v) is 8.44. The molecule has 0 aromatic carbocycles. The van der Waals surface area contributed by atoms with Gasteiger partial charge in [0.2, 0.25) is 0 Å². The zero-order chi connectivity index (χ0) is 20.3. The molecule has 3 rings (SSSR count). The summed E-state index contributed by atoms with van der Waals surface area (Å²) in [7, 11) is 0. The van der Waals surface area contributed by atoms with Crippen molar-refractivity contribution in [2.75, 3.05) is 0 Å². The first-order valence-corrected chi connectivity index (χ1v) is 9.33. The predicted octanol–water partition coefficient (Wildman–Crippen LogP) is 1.01. The zero-order valence-corrected chi connectivity index (χ0v) is 16.4. The molecule has 7 heteroatoms. The molecule has 3 N–H and O–H groups in total. The summed E-state index contributed by atoms with van der Waals surface area (Å²) in [5.41, 5.74) is -1.92. The number of rotatable bonds is 2. The normalized spacial score (nSPS) is 44.5. The molecule has 150 valence electrons. The summed E-state index contributed by atoms with van der Waals surface area (Å²) in [6.07, 6.45) is -1.07. The van der Waals surface area contributed by atoms with Gasteiger partial charge in [0.15, 0.2) is 0 Å². The Hall–Kier alpha value is -1.70. The van der Waals surface area contributed by atoms with E-state index in [1.54, 1.807) is 33.8 Å². The van der Waals surface area contributed by atoms with E-state index in [1.807, 2.05) is 0 Å². The second-order valence-electron chi connectivity index (χ2n) is 8.44. The topological polar surface area (TPSA) is 113 Å². The fourth-order valence-corrected chi connectivity index (χ4v) is 4.77. The third-order valence-corrected chi connectivity index (χ3v) is 6.24. The summed E-state index contributed by atoms with van der Waals surface area (Å²) >= 11 is 0. The Bertz CT molecular complexity index is 731. The van der Waals surface area contributed by atoms with Crippen molar-refractivity contribution >= 4 is 11.9 Å². The Morgan fingerprint density at radius 3 is 2.41 bits per heavy atom. The maximum atomic E-state index is 12.4. The van der Waals surface area contributed by atoms with E-state index in [-0.39, 0.29) is 18.4 Å². The molecule has 2 aliphatic carbocycles. The van der Waals surface area contributed by atoms with Crippen LogP contribution in [0, 0.1) is 11.8 Å². The summed E-state index contributed by atoms with van der Waals surface area (Å²) in [5, 5.41) is 32.6. The van der Waals surface area contributed by atoms with Crippen molar-refractivity contribution in [3.05, 3.63) is 22.8 Å². The van der Waals surface area contributed by atoms with Crippen molar-refractivity contribution in [2.24, 2.45) is 11.8 Å². The quantitative estimate of drug-likeness (QED) is 0.372. The minimum absolute atomic E-state index is 0.00382. The smallest absolute Gasteiger partial charge is 0.333 e. The highest BCUT2D eigenvalue weighted by Gasteiger charge is 2.60. The molecule has 3 aliphatic rings. The van der Waals surface area contributed by atoms with Crippen LogP contribution in [0.5, 0.6) is 0 Å². The number of fused-ring (bicyclic) bond motifs is 2. The molecular weight excluding hydrogens is 352 g/mol. The van der Waals surface area contributed by atoms with Crippen molar-refractivity contribution in [2.45, 2.75) is 77.0 Å². The van der Waals surface area contributed by atoms with E-state index >= 15 is 0 Å². The van der Waals surface area contributed by atoms with Crippen LogP contribution in [-0.2, 0) is 19.1 Å². The maximum absolute atomic E-state index is 12.4. The van der Waals surface area contributed by atoms with Gasteiger partial charge in [-0.25, -0.2) is 4.79 Å². The maximum Gasteiger partial charge on any atom is 0.333 e. The molecule has 7 atom stereocenters. The molecule has 1 fully saturated rings. The minimum Gasteiger partial charge on any atom is -0.458 e. The van der Waals surface area contributed by atoms with Crippen molar-refractivity contribution < 1.29 is 34.4 Å². The molecule has 0 amide bonds. The molecule has 0 radical (unpaired) electrons. The molecular formula is C20H28O7. The minimum atomic E-state index is -1.51. The summed E-state index contributed by atoms with van der Waals surface area (Å²) in [6, 6.07) is 0. The van der Waals surface area contributed by atoms with E-state index in [1.165, 1.54) is 6.92 Å². The molecule has 27 heavy (non-hydrogen) atoms. The molecule has 0 bridgehead atoms. The Kier molecular flexibility index (Phi) is 4.77. The van der Waals surface area contributed by atoms with E-state index < -0.39 is 53.3 Å². The fourth-order valence-electron chi connectivity index (χ4n) is 4.77. The first kappa shape index (κ1) is 20.0. The second kappa shape index (κ2) is 6.43. The first-order chi connectivity index (χ1) is 12.4. The van der Waals surface area contributed by atoms with Gasteiger partial charge in [0, 0.05) is 24.0 Å². The van der Waals surface area contributed by atoms with Crippen LogP contribution in [0.4, 0.5) is 0 Å². The van der Waals surface area contributed by atoms with Gasteiger partial charge in [-0.2, -0.15) is 0 Å². The standard InChI is InChI=1S/C20H28O7/c1-6-9(2)17(22)26-12-8-20(5,25)14-11(21)7-19(4,24)15(14)16-13(12)10(3)18(23)27-16/h6,10-13,16,21,24-25H,7-8H2,1-5H3/b9-6-/t10-,11+,12-,13+,16-,19-,20-/m0/s1. The number of hydrogen-bond donors (Lipinski definition) is 3. The zero-order valence-electron chi connectivity index (χ0n) is 16.4. The van der Waals surface area contributed by atoms with Crippen molar-refractivity contribution in [3.8, 4) is 0 Å². The Morgan fingerprint density at radius 2 is 1.81 bits per heavy atom. The van der Waals surface area contributed by atoms with E-state index in [9.17, 15) is 24.9 Å². The van der Waals surface area contributed by atoms with Crippen LogP contribution in [0.3, 0.4) is 0 Å². The van der Waals surface area contributed by atoms with Crippen LogP contribution >= 0.6 is 0 Å². The van der Waals surface area contributed by atoms with Crippen LogP contribution in [0.2, 0.25) is 0 Å². The molecule has 0 aromatic rings. The number of carbonyl (C=O) groups excluding carboxylic acids is 2. The van der Waals surface area contributed by atoms with Gasteiger partial charge in [-0.1, -0.05) is 13.0 Å². The highest BCUT2D eigenvalue weighted by atomic mass is 16.6. The van der Waals surface area contributed by atoms with E-state index in [4.69, 9.17) is 9.47 Å². The number of carbonyl (C=O) groups is 2. The Morgan fingerprint density at radius 1 is 1.22 bits per heavy atom. The van der Waals surface area contributed by atoms with Gasteiger partial charge < -0.3 is 24.8 Å². The molecule has 1 heterocycles. The number of esters is 2. The molecule has 0 spiro atoms. The lowest BCUT2D eigenvalue weighted by Crippen LogP contribution is -2.42. The number of ether oxygens (including phenoxy) is 2. The lowest BCUT2D eigenvalue weighted by Gasteiger charge is -2.33. The summed E-state index contributed by atoms with van der Waals surface area (Å²) in [5.74, 6) is -2.10. The lowest BCUT2D eigenvalue weighted by atomic mass is 9.80. The first-order valence-electron chi connectivity index (χ1n) is 9.33. The molecule has 0 saturated carbocycles. The van der Waals surface area contributed by atoms with Crippen LogP contribution in [0.1, 0.15) is 47.5 Å². The van der Waals surface area contributed by atoms with E-state index in [0.29, 0.717) is 11.1 Å². The number of allylic oxidation sites excluding steroid dienone is 1. The van der Waals surface area contributed by atoms with Gasteiger partial charge in [-0.05, 0) is 33.3 Å². The summed E-state index contributed by atoms with van der Waals surface area (Å²) < 4.78 is 11.2. The van der Waals surface area contributed by atoms with Crippen molar-refractivity contribution in [1.82, 2.24) is 0 Å². The molecule has 0 unspecified atom stereocenters. The molecule has 7 nitrogen and oxygen atoms in total. The fraction of sp³-hybridized carbons (Fsp3) is 0.700. The number of aliphatic hydroxyl groups is 3.